The van der Waals surface area contributed by atoms with E-state index in [1.165, 1.54) is 66.4 Å². The number of carbonyl (C=O) groups excluding carboxylic acids is 1. The van der Waals surface area contributed by atoms with Crippen LogP contribution in [-0.4, -0.2) is 30.1 Å². The van der Waals surface area contributed by atoms with Crippen LogP contribution in [0.4, 0.5) is 10.5 Å². The number of aryl methyl sites for hydroxylation is 2. The first-order valence-corrected chi connectivity index (χ1v) is 11.8. The number of likely N-dealkylation sites (tertiary alicyclic amines) is 1. The third-order valence-electron chi connectivity index (χ3n) is 6.25. The van der Waals surface area contributed by atoms with E-state index in [-0.39, 0.29) is 6.03 Å². The molecule has 0 radical (unpaired) electrons. The smallest absolute Gasteiger partial charge is 0.307 e. The van der Waals surface area contributed by atoms with Crippen LogP contribution >= 0.6 is 11.9 Å². The van der Waals surface area contributed by atoms with Crippen LogP contribution in [0.15, 0.2) is 17.6 Å². The molecular weight excluding hydrogens is 366 g/mol. The molecule has 0 bridgehead atoms. The molecule has 0 spiro atoms. The van der Waals surface area contributed by atoms with Crippen LogP contribution in [0.1, 0.15) is 61.8 Å². The number of hydrogen-bond donors (Lipinski definition) is 2. The second kappa shape index (κ2) is 8.91. The van der Waals surface area contributed by atoms with Crippen molar-refractivity contribution in [1.82, 2.24) is 9.62 Å². The van der Waals surface area contributed by atoms with Gasteiger partial charge in [-0.25, -0.2) is 4.79 Å². The number of nitrogens with one attached hydrogen (secondary N) is 2. The molecule has 1 fully saturated rings. The maximum atomic E-state index is 12.5. The fourth-order valence-electron chi connectivity index (χ4n) is 5.09. The van der Waals surface area contributed by atoms with Crippen LogP contribution in [0.25, 0.3) is 0 Å². The Morgan fingerprint density at radius 3 is 2.57 bits per heavy atom. The molecule has 1 aromatic carbocycles. The Bertz CT molecular complexity index is 726. The van der Waals surface area contributed by atoms with E-state index in [1.54, 1.807) is 0 Å². The summed E-state index contributed by atoms with van der Waals surface area (Å²) < 4.78 is 2.95. The average Bonchev–Trinajstić information content (AvgIpc) is 3.38. The van der Waals surface area contributed by atoms with Crippen molar-refractivity contribution >= 4 is 23.7 Å². The highest BCUT2D eigenvalue weighted by Gasteiger charge is 2.25. The van der Waals surface area contributed by atoms with Gasteiger partial charge in [-0.3, -0.25) is 9.62 Å². The van der Waals surface area contributed by atoms with Crippen molar-refractivity contribution < 1.29 is 4.79 Å². The third kappa shape index (κ3) is 4.41. The summed E-state index contributed by atoms with van der Waals surface area (Å²) >= 11 is 1.39. The summed E-state index contributed by atoms with van der Waals surface area (Å²) in [4.78, 5) is 15.1. The van der Waals surface area contributed by atoms with E-state index in [4.69, 9.17) is 0 Å². The van der Waals surface area contributed by atoms with Crippen LogP contribution < -0.4 is 10.0 Å². The molecule has 1 unspecified atom stereocenters. The topological polar surface area (TPSA) is 44.4 Å². The molecule has 2 amide bonds. The molecule has 1 aliphatic heterocycles. The van der Waals surface area contributed by atoms with Crippen LogP contribution in [0.2, 0.25) is 0 Å². The van der Waals surface area contributed by atoms with Crippen LogP contribution in [0, 0.1) is 5.92 Å². The first-order chi connectivity index (χ1) is 13.6. The molecule has 5 heteroatoms. The monoisotopic (exact) mass is 399 g/mol. The van der Waals surface area contributed by atoms with E-state index in [0.29, 0.717) is 12.0 Å². The predicted molar refractivity (Wildman–Crippen MR) is 119 cm³/mol. The molecule has 1 aromatic rings. The van der Waals surface area contributed by atoms with Gasteiger partial charge < -0.3 is 5.32 Å². The Labute approximate surface area is 173 Å². The lowest BCUT2D eigenvalue weighted by Crippen LogP contribution is -2.31. The van der Waals surface area contributed by atoms with E-state index in [0.717, 1.165) is 37.9 Å². The van der Waals surface area contributed by atoms with E-state index in [1.807, 2.05) is 5.41 Å². The van der Waals surface area contributed by atoms with Crippen molar-refractivity contribution in [2.24, 2.45) is 5.92 Å². The molecule has 2 aliphatic carbocycles. The molecule has 1 atom stereocenters. The van der Waals surface area contributed by atoms with Gasteiger partial charge in [-0.2, -0.15) is 0 Å². The predicted octanol–water partition coefficient (Wildman–Crippen LogP) is 5.07. The number of urea groups is 1. The first-order valence-electron chi connectivity index (χ1n) is 10.9. The van der Waals surface area contributed by atoms with Gasteiger partial charge in [0, 0.05) is 18.3 Å². The summed E-state index contributed by atoms with van der Waals surface area (Å²) in [6, 6.07) is 2.81. The molecule has 0 aromatic heterocycles. The second-order valence-electron chi connectivity index (χ2n) is 8.83. The van der Waals surface area contributed by atoms with Crippen LogP contribution in [0.5, 0.6) is 0 Å². The SMILES string of the molecule is CC(C)CN1CCCC1/C=C/SNC(=O)Nc1c2c(cc3c1CCC3)CCC2. The lowest BCUT2D eigenvalue weighted by atomic mass is 9.99. The van der Waals surface area contributed by atoms with Gasteiger partial charge in [0.05, 0.1) is 0 Å². The number of carbonyl (C=O) groups is 1. The molecular formula is C23H33N3OS. The van der Waals surface area contributed by atoms with Crippen molar-refractivity contribution in [1.29, 1.82) is 0 Å². The van der Waals surface area contributed by atoms with Gasteiger partial charge in [-0.1, -0.05) is 26.0 Å². The van der Waals surface area contributed by atoms with Crippen molar-refractivity contribution in [2.75, 3.05) is 18.4 Å². The van der Waals surface area contributed by atoms with Gasteiger partial charge >= 0.3 is 6.03 Å². The minimum absolute atomic E-state index is 0.102. The largest absolute Gasteiger partial charge is 0.329 e. The zero-order valence-electron chi connectivity index (χ0n) is 17.2. The number of fused-ring (bicyclic) bond motifs is 2. The van der Waals surface area contributed by atoms with Crippen molar-refractivity contribution in [3.63, 3.8) is 0 Å². The second-order valence-corrected chi connectivity index (χ2v) is 9.55. The summed E-state index contributed by atoms with van der Waals surface area (Å²) in [5, 5.41) is 5.24. The Kier molecular flexibility index (Phi) is 6.32. The molecule has 1 saturated heterocycles. The molecule has 1 heterocycles. The fourth-order valence-corrected chi connectivity index (χ4v) is 5.58. The number of benzene rings is 1. The number of amides is 2. The summed E-state index contributed by atoms with van der Waals surface area (Å²) in [6.07, 6.45) is 11.7. The Morgan fingerprint density at radius 2 is 1.89 bits per heavy atom. The molecule has 4 rings (SSSR count). The number of rotatable bonds is 6. The lowest BCUT2D eigenvalue weighted by Gasteiger charge is -2.23. The van der Waals surface area contributed by atoms with Crippen molar-refractivity contribution in [3.8, 4) is 0 Å². The van der Waals surface area contributed by atoms with Gasteiger partial charge in [0.1, 0.15) is 0 Å². The molecule has 152 valence electrons. The van der Waals surface area contributed by atoms with E-state index >= 15 is 0 Å². The fraction of sp³-hybridized carbons (Fsp3) is 0.609. The van der Waals surface area contributed by atoms with Gasteiger partial charge in [0.15, 0.2) is 0 Å². The van der Waals surface area contributed by atoms with Gasteiger partial charge in [0.25, 0.3) is 0 Å². The van der Waals surface area contributed by atoms with Crippen LogP contribution in [-0.2, 0) is 25.7 Å². The lowest BCUT2D eigenvalue weighted by molar-refractivity contribution is 0.257. The Hall–Kier alpha value is -1.46. The number of anilines is 1. The minimum Gasteiger partial charge on any atom is -0.307 e. The highest BCUT2D eigenvalue weighted by Crippen LogP contribution is 2.38. The normalized spacial score (nSPS) is 21.5. The summed E-state index contributed by atoms with van der Waals surface area (Å²) in [5.41, 5.74) is 6.78. The summed E-state index contributed by atoms with van der Waals surface area (Å²) in [5.74, 6) is 0.694. The molecule has 28 heavy (non-hydrogen) atoms. The Balaban J connectivity index is 1.32. The van der Waals surface area contributed by atoms with E-state index in [2.05, 4.69) is 40.9 Å². The Morgan fingerprint density at radius 1 is 1.18 bits per heavy atom. The maximum Gasteiger partial charge on any atom is 0.329 e. The van der Waals surface area contributed by atoms with Gasteiger partial charge in [0.2, 0.25) is 0 Å². The quantitative estimate of drug-likeness (QED) is 0.657. The van der Waals surface area contributed by atoms with Crippen LogP contribution in [0.3, 0.4) is 0 Å². The number of hydrogen-bond acceptors (Lipinski definition) is 3. The first kappa shape index (κ1) is 19.8. The van der Waals surface area contributed by atoms with Gasteiger partial charge in [-0.15, -0.1) is 0 Å². The average molecular weight is 400 g/mol. The molecule has 4 nitrogen and oxygen atoms in total. The molecule has 2 N–H and O–H groups in total. The standard InChI is InChI=1S/C23H33N3OS/c1-16(2)15-26-12-5-8-19(26)11-13-28-25-23(27)24-22-20-9-3-6-17(20)14-18-7-4-10-21(18)22/h11,13-14,16,19H,3-10,12,15H2,1-2H3,(H2,24,25,27)/b13-11+. The highest BCUT2D eigenvalue weighted by atomic mass is 32.2. The molecule has 0 saturated carbocycles. The number of nitrogens with zero attached hydrogens (tertiary/aromatic N) is 1. The maximum absolute atomic E-state index is 12.5. The van der Waals surface area contributed by atoms with Crippen molar-refractivity contribution in [2.45, 2.75) is 71.3 Å². The van der Waals surface area contributed by atoms with Crippen molar-refractivity contribution in [3.05, 3.63) is 39.8 Å². The zero-order valence-corrected chi connectivity index (χ0v) is 18.0. The molecule has 3 aliphatic rings. The van der Waals surface area contributed by atoms with E-state index in [9.17, 15) is 4.79 Å². The van der Waals surface area contributed by atoms with E-state index < -0.39 is 0 Å². The van der Waals surface area contributed by atoms with Gasteiger partial charge in [-0.05, 0) is 103 Å². The summed E-state index contributed by atoms with van der Waals surface area (Å²) in [7, 11) is 0. The zero-order chi connectivity index (χ0) is 19.5. The minimum atomic E-state index is -0.102. The highest BCUT2D eigenvalue weighted by molar-refractivity contribution is 8.00. The summed E-state index contributed by atoms with van der Waals surface area (Å²) in [6.45, 7) is 6.89. The third-order valence-corrected chi connectivity index (χ3v) is 6.84.